The highest BCUT2D eigenvalue weighted by Crippen LogP contribution is 2.16. The Morgan fingerprint density at radius 2 is 1.92 bits per heavy atom. The molecule has 25 heavy (non-hydrogen) atoms. The molecule has 1 fully saturated rings. The van der Waals surface area contributed by atoms with Gasteiger partial charge in [-0.1, -0.05) is 0 Å². The average Bonchev–Trinajstić information content (AvgIpc) is 3.08. The second-order valence-corrected chi connectivity index (χ2v) is 6.31. The Bertz CT molecular complexity index is 795. The second-order valence-electron chi connectivity index (χ2n) is 6.31. The highest BCUT2D eigenvalue weighted by Gasteiger charge is 2.21. The van der Waals surface area contributed by atoms with E-state index >= 15 is 0 Å². The van der Waals surface area contributed by atoms with Crippen LogP contribution in [0.15, 0.2) is 30.5 Å². The predicted octanol–water partition coefficient (Wildman–Crippen LogP) is 2.35. The van der Waals surface area contributed by atoms with Gasteiger partial charge in [0, 0.05) is 17.8 Å². The minimum absolute atomic E-state index is 0.0896. The van der Waals surface area contributed by atoms with Crippen LogP contribution in [0.3, 0.4) is 0 Å². The van der Waals surface area contributed by atoms with Crippen LogP contribution in [0.2, 0.25) is 0 Å². The Balaban J connectivity index is 1.70. The first kappa shape index (κ1) is 17.3. The number of amides is 1. The minimum Gasteiger partial charge on any atom is -0.356 e. The number of carbonyl (C=O) groups is 2. The van der Waals surface area contributed by atoms with Crippen molar-refractivity contribution in [1.82, 2.24) is 15.2 Å². The van der Waals surface area contributed by atoms with Crippen molar-refractivity contribution in [2.24, 2.45) is 0 Å². The quantitative estimate of drug-likeness (QED) is 0.835. The fourth-order valence-electron chi connectivity index (χ4n) is 2.90. The lowest BCUT2D eigenvalue weighted by Crippen LogP contribution is -2.43. The zero-order chi connectivity index (χ0) is 18.0. The summed E-state index contributed by atoms with van der Waals surface area (Å²) in [6.45, 7) is 1.83. The molecule has 1 amide bonds. The summed E-state index contributed by atoms with van der Waals surface area (Å²) < 4.78 is 27.0. The van der Waals surface area contributed by atoms with Crippen LogP contribution in [0.5, 0.6) is 0 Å². The molecule has 3 rings (SSSR count). The summed E-state index contributed by atoms with van der Waals surface area (Å²) in [6.07, 6.45) is 3.06. The number of rotatable bonds is 4. The molecule has 132 valence electrons. The maximum absolute atomic E-state index is 13.7. The molecule has 1 aromatic carbocycles. The van der Waals surface area contributed by atoms with Gasteiger partial charge in [0.15, 0.2) is 5.78 Å². The number of aromatic amines is 1. The Morgan fingerprint density at radius 1 is 1.20 bits per heavy atom. The van der Waals surface area contributed by atoms with E-state index in [1.54, 1.807) is 0 Å². The monoisotopic (exact) mass is 347 g/mol. The first-order valence-electron chi connectivity index (χ1n) is 8.11. The number of aromatic nitrogens is 1. The van der Waals surface area contributed by atoms with Crippen molar-refractivity contribution in [2.45, 2.75) is 18.9 Å². The van der Waals surface area contributed by atoms with Crippen LogP contribution in [0, 0.1) is 11.6 Å². The van der Waals surface area contributed by atoms with Crippen LogP contribution in [-0.4, -0.2) is 47.8 Å². The van der Waals surface area contributed by atoms with Gasteiger partial charge in [-0.15, -0.1) is 0 Å². The van der Waals surface area contributed by atoms with Crippen molar-refractivity contribution in [3.63, 3.8) is 0 Å². The Kier molecular flexibility index (Phi) is 4.94. The van der Waals surface area contributed by atoms with Gasteiger partial charge >= 0.3 is 0 Å². The lowest BCUT2D eigenvalue weighted by atomic mass is 10.0. The third kappa shape index (κ3) is 3.93. The molecule has 2 heterocycles. The van der Waals surface area contributed by atoms with Crippen LogP contribution in [-0.2, 0) is 0 Å². The van der Waals surface area contributed by atoms with Crippen molar-refractivity contribution in [3.8, 4) is 0 Å². The van der Waals surface area contributed by atoms with E-state index in [-0.39, 0.29) is 28.8 Å². The molecule has 0 aliphatic carbocycles. The number of halogens is 2. The molecule has 5 nitrogen and oxygen atoms in total. The van der Waals surface area contributed by atoms with Gasteiger partial charge in [0.25, 0.3) is 5.91 Å². The molecule has 1 aromatic heterocycles. The zero-order valence-corrected chi connectivity index (χ0v) is 13.8. The number of ketones is 1. The maximum Gasteiger partial charge on any atom is 0.267 e. The number of likely N-dealkylation sites (tertiary alicyclic amines) is 1. The van der Waals surface area contributed by atoms with Crippen LogP contribution in [0.1, 0.15) is 39.3 Å². The van der Waals surface area contributed by atoms with Crippen molar-refractivity contribution >= 4 is 11.7 Å². The largest absolute Gasteiger partial charge is 0.356 e. The number of hydrogen-bond acceptors (Lipinski definition) is 3. The topological polar surface area (TPSA) is 65.2 Å². The normalized spacial score (nSPS) is 16.0. The van der Waals surface area contributed by atoms with Crippen molar-refractivity contribution in [3.05, 3.63) is 58.9 Å². The highest BCUT2D eigenvalue weighted by atomic mass is 19.1. The fourth-order valence-corrected chi connectivity index (χ4v) is 2.90. The van der Waals surface area contributed by atoms with Crippen LogP contribution in [0.4, 0.5) is 8.78 Å². The summed E-state index contributed by atoms with van der Waals surface area (Å²) in [7, 11) is 2.03. The van der Waals surface area contributed by atoms with E-state index in [0.29, 0.717) is 0 Å². The molecule has 0 spiro atoms. The standard InChI is InChI=1S/C18H19F2N3O2/c1-23-6-4-13(5-7-23)22-18(25)16-8-11(10-21-16)17(24)14-9-12(19)2-3-15(14)20/h2-3,8-10,13,21H,4-7H2,1H3,(H,22,25). The third-order valence-electron chi connectivity index (χ3n) is 4.42. The van der Waals surface area contributed by atoms with E-state index in [4.69, 9.17) is 0 Å². The number of nitrogens with zero attached hydrogens (tertiary/aromatic N) is 1. The van der Waals surface area contributed by atoms with Crippen molar-refractivity contribution < 1.29 is 18.4 Å². The minimum atomic E-state index is -0.801. The zero-order valence-electron chi connectivity index (χ0n) is 13.8. The van der Waals surface area contributed by atoms with Gasteiger partial charge in [0.1, 0.15) is 17.3 Å². The van der Waals surface area contributed by atoms with Crippen molar-refractivity contribution in [2.75, 3.05) is 20.1 Å². The van der Waals surface area contributed by atoms with E-state index in [0.717, 1.165) is 44.1 Å². The van der Waals surface area contributed by atoms with Gasteiger partial charge in [-0.25, -0.2) is 8.78 Å². The summed E-state index contributed by atoms with van der Waals surface area (Å²) in [5, 5.41) is 2.93. The molecule has 0 saturated carbocycles. The van der Waals surface area contributed by atoms with Crippen LogP contribution >= 0.6 is 0 Å². The van der Waals surface area contributed by atoms with Gasteiger partial charge in [-0.2, -0.15) is 0 Å². The number of piperidine rings is 1. The molecule has 2 aromatic rings. The molecule has 0 bridgehead atoms. The SMILES string of the molecule is CN1CCC(NC(=O)c2cc(C(=O)c3cc(F)ccc3F)c[nH]2)CC1. The first-order chi connectivity index (χ1) is 11.9. The van der Waals surface area contributed by atoms with Gasteiger partial charge in [0.05, 0.1) is 5.56 Å². The summed E-state index contributed by atoms with van der Waals surface area (Å²) >= 11 is 0. The van der Waals surface area contributed by atoms with Gasteiger partial charge in [0.2, 0.25) is 0 Å². The van der Waals surface area contributed by atoms with Gasteiger partial charge in [-0.05, 0) is 57.2 Å². The second kappa shape index (κ2) is 7.14. The molecule has 0 unspecified atom stereocenters. The van der Waals surface area contributed by atoms with E-state index < -0.39 is 17.4 Å². The lowest BCUT2D eigenvalue weighted by molar-refractivity contribution is 0.0912. The Hall–Kier alpha value is -2.54. The molecule has 2 N–H and O–H groups in total. The number of carbonyl (C=O) groups excluding carboxylic acids is 2. The molecule has 7 heteroatoms. The fraction of sp³-hybridized carbons (Fsp3) is 0.333. The average molecular weight is 347 g/mol. The van der Waals surface area contributed by atoms with Gasteiger partial charge in [-0.3, -0.25) is 9.59 Å². The van der Waals surface area contributed by atoms with E-state index in [1.165, 1.54) is 12.3 Å². The smallest absolute Gasteiger partial charge is 0.267 e. The molecule has 0 radical (unpaired) electrons. The lowest BCUT2D eigenvalue weighted by Gasteiger charge is -2.29. The molecule has 1 saturated heterocycles. The predicted molar refractivity (Wildman–Crippen MR) is 88.6 cm³/mol. The number of benzene rings is 1. The molecule has 0 atom stereocenters. The first-order valence-corrected chi connectivity index (χ1v) is 8.11. The number of H-pyrrole nitrogens is 1. The summed E-state index contributed by atoms with van der Waals surface area (Å²) in [4.78, 5) is 29.5. The van der Waals surface area contributed by atoms with Crippen molar-refractivity contribution in [1.29, 1.82) is 0 Å². The molecule has 1 aliphatic rings. The molecule has 1 aliphatic heterocycles. The number of nitrogens with one attached hydrogen (secondary N) is 2. The summed E-state index contributed by atoms with van der Waals surface area (Å²) in [6, 6.07) is 4.15. The molecular formula is C18H19F2N3O2. The highest BCUT2D eigenvalue weighted by molar-refractivity contribution is 6.10. The Morgan fingerprint density at radius 3 is 2.64 bits per heavy atom. The van der Waals surface area contributed by atoms with Crippen LogP contribution in [0.25, 0.3) is 0 Å². The van der Waals surface area contributed by atoms with E-state index in [2.05, 4.69) is 15.2 Å². The maximum atomic E-state index is 13.7. The number of hydrogen-bond donors (Lipinski definition) is 2. The van der Waals surface area contributed by atoms with Gasteiger partial charge < -0.3 is 15.2 Å². The molecular weight excluding hydrogens is 328 g/mol. The Labute approximate surface area is 144 Å². The van der Waals surface area contributed by atoms with Crippen LogP contribution < -0.4 is 5.32 Å². The van der Waals surface area contributed by atoms with E-state index in [9.17, 15) is 18.4 Å². The van der Waals surface area contributed by atoms with E-state index in [1.807, 2.05) is 7.05 Å². The third-order valence-corrected chi connectivity index (χ3v) is 4.42. The summed E-state index contributed by atoms with van der Waals surface area (Å²) in [5.41, 5.74) is -0.0293. The summed E-state index contributed by atoms with van der Waals surface area (Å²) in [5.74, 6) is -2.48.